The van der Waals surface area contributed by atoms with Crippen LogP contribution in [-0.4, -0.2) is 39.7 Å². The fourth-order valence-electron chi connectivity index (χ4n) is 3.14. The first-order chi connectivity index (χ1) is 14.3. The Morgan fingerprint density at radius 2 is 1.84 bits per heavy atom. The topological polar surface area (TPSA) is 109 Å². The normalized spacial score (nSPS) is 12.0. The van der Waals surface area contributed by atoms with Crippen molar-refractivity contribution in [3.05, 3.63) is 46.8 Å². The monoisotopic (exact) mass is 563 g/mol. The standard InChI is InChI=1S/C21H33N5O3S.HI/c1-6-17(7-2)19-13-18(29-26-19)14-24-21(22-5)23-10-11-25-30(27,28)20-12-15(3)8-9-16(20)4;/h8-9,12-13,17,25H,6-7,10-11,14H2,1-5H3,(H2,22,23,24);1H. The molecule has 0 aliphatic heterocycles. The minimum atomic E-state index is -3.56. The summed E-state index contributed by atoms with van der Waals surface area (Å²) in [6.45, 7) is 9.01. The summed E-state index contributed by atoms with van der Waals surface area (Å²) in [6, 6.07) is 7.36. The number of guanidine groups is 1. The highest BCUT2D eigenvalue weighted by molar-refractivity contribution is 14.0. The Labute approximate surface area is 202 Å². The number of aliphatic imine (C=N–C) groups is 1. The van der Waals surface area contributed by atoms with Gasteiger partial charge in [0, 0.05) is 32.1 Å². The van der Waals surface area contributed by atoms with Crippen LogP contribution in [0.5, 0.6) is 0 Å². The van der Waals surface area contributed by atoms with Crippen LogP contribution in [0.25, 0.3) is 0 Å². The minimum absolute atomic E-state index is 0. The summed E-state index contributed by atoms with van der Waals surface area (Å²) < 4.78 is 33.1. The van der Waals surface area contributed by atoms with Crippen molar-refractivity contribution < 1.29 is 12.9 Å². The van der Waals surface area contributed by atoms with Crippen LogP contribution in [0.3, 0.4) is 0 Å². The largest absolute Gasteiger partial charge is 0.359 e. The van der Waals surface area contributed by atoms with Gasteiger partial charge in [-0.05, 0) is 43.9 Å². The molecule has 0 aliphatic rings. The molecule has 0 saturated carbocycles. The summed E-state index contributed by atoms with van der Waals surface area (Å²) in [5.74, 6) is 1.70. The molecule has 8 nitrogen and oxygen atoms in total. The molecule has 1 aromatic carbocycles. The molecule has 0 bridgehead atoms. The van der Waals surface area contributed by atoms with Crippen LogP contribution < -0.4 is 15.4 Å². The second-order valence-corrected chi connectivity index (χ2v) is 8.99. The zero-order valence-corrected chi connectivity index (χ0v) is 22.0. The Morgan fingerprint density at radius 3 is 2.48 bits per heavy atom. The molecule has 0 unspecified atom stereocenters. The molecule has 31 heavy (non-hydrogen) atoms. The summed E-state index contributed by atoms with van der Waals surface area (Å²) >= 11 is 0. The summed E-state index contributed by atoms with van der Waals surface area (Å²) in [5, 5.41) is 10.4. The molecule has 0 spiro atoms. The Hall–Kier alpha value is -1.66. The van der Waals surface area contributed by atoms with Gasteiger partial charge in [-0.1, -0.05) is 31.1 Å². The molecule has 1 heterocycles. The number of nitrogens with zero attached hydrogens (tertiary/aromatic N) is 2. The van der Waals surface area contributed by atoms with Crippen molar-refractivity contribution in [2.45, 2.75) is 57.9 Å². The van der Waals surface area contributed by atoms with Crippen molar-refractivity contribution in [3.8, 4) is 0 Å². The minimum Gasteiger partial charge on any atom is -0.359 e. The van der Waals surface area contributed by atoms with Gasteiger partial charge in [-0.3, -0.25) is 4.99 Å². The molecular formula is C21H34IN5O3S. The van der Waals surface area contributed by atoms with E-state index in [4.69, 9.17) is 4.52 Å². The van der Waals surface area contributed by atoms with Crippen LogP contribution in [0.2, 0.25) is 0 Å². The number of hydrogen-bond donors (Lipinski definition) is 3. The quantitative estimate of drug-likeness (QED) is 0.177. The van der Waals surface area contributed by atoms with Crippen molar-refractivity contribution in [1.82, 2.24) is 20.5 Å². The van der Waals surface area contributed by atoms with E-state index in [2.05, 4.69) is 39.4 Å². The molecule has 2 rings (SSSR count). The molecule has 3 N–H and O–H groups in total. The molecule has 0 aliphatic carbocycles. The van der Waals surface area contributed by atoms with Crippen molar-refractivity contribution in [2.24, 2.45) is 4.99 Å². The third-order valence-corrected chi connectivity index (χ3v) is 6.58. The zero-order valence-electron chi connectivity index (χ0n) is 18.9. The summed E-state index contributed by atoms with van der Waals surface area (Å²) in [5.41, 5.74) is 2.60. The zero-order chi connectivity index (χ0) is 22.1. The van der Waals surface area contributed by atoms with Crippen LogP contribution >= 0.6 is 24.0 Å². The molecule has 10 heteroatoms. The molecule has 0 atom stereocenters. The van der Waals surface area contributed by atoms with Crippen LogP contribution in [0, 0.1) is 13.8 Å². The van der Waals surface area contributed by atoms with E-state index in [1.807, 2.05) is 25.1 Å². The molecular weight excluding hydrogens is 529 g/mol. The summed E-state index contributed by atoms with van der Waals surface area (Å²) in [7, 11) is -1.90. The van der Waals surface area contributed by atoms with E-state index < -0.39 is 10.0 Å². The molecule has 0 radical (unpaired) electrons. The maximum absolute atomic E-state index is 12.5. The number of sulfonamides is 1. The number of nitrogens with one attached hydrogen (secondary N) is 3. The van der Waals surface area contributed by atoms with E-state index >= 15 is 0 Å². The molecule has 174 valence electrons. The lowest BCUT2D eigenvalue weighted by molar-refractivity contribution is 0.368. The number of aryl methyl sites for hydroxylation is 2. The average Bonchev–Trinajstić information content (AvgIpc) is 3.19. The average molecular weight is 564 g/mol. The number of halogens is 1. The predicted molar refractivity (Wildman–Crippen MR) is 135 cm³/mol. The third kappa shape index (κ3) is 8.08. The maximum atomic E-state index is 12.5. The fourth-order valence-corrected chi connectivity index (χ4v) is 4.50. The first-order valence-electron chi connectivity index (χ1n) is 10.3. The molecule has 0 amide bonds. The SMILES string of the molecule is CCC(CC)c1cc(CNC(=NC)NCCNS(=O)(=O)c2cc(C)ccc2C)on1.I. The van der Waals surface area contributed by atoms with Gasteiger partial charge in [0.2, 0.25) is 10.0 Å². The molecule has 0 saturated heterocycles. The van der Waals surface area contributed by atoms with Crippen molar-refractivity contribution >= 4 is 40.0 Å². The fraction of sp³-hybridized carbons (Fsp3) is 0.524. The van der Waals surface area contributed by atoms with E-state index in [1.165, 1.54) is 0 Å². The van der Waals surface area contributed by atoms with Gasteiger partial charge in [-0.2, -0.15) is 0 Å². The molecule has 0 fully saturated rings. The lowest BCUT2D eigenvalue weighted by atomic mass is 9.99. The molecule has 1 aromatic heterocycles. The van der Waals surface area contributed by atoms with E-state index in [0.29, 0.717) is 29.9 Å². The van der Waals surface area contributed by atoms with Gasteiger partial charge in [-0.25, -0.2) is 13.1 Å². The number of rotatable bonds is 10. The van der Waals surface area contributed by atoms with Crippen LogP contribution in [0.4, 0.5) is 0 Å². The predicted octanol–water partition coefficient (Wildman–Crippen LogP) is 3.46. The molecule has 2 aromatic rings. The van der Waals surface area contributed by atoms with Crippen LogP contribution in [-0.2, 0) is 16.6 Å². The third-order valence-electron chi connectivity index (χ3n) is 4.98. The van der Waals surface area contributed by atoms with Gasteiger partial charge in [0.25, 0.3) is 0 Å². The van der Waals surface area contributed by atoms with Gasteiger partial charge in [-0.15, -0.1) is 24.0 Å². The highest BCUT2D eigenvalue weighted by Crippen LogP contribution is 2.22. The van der Waals surface area contributed by atoms with Gasteiger partial charge in [0.15, 0.2) is 11.7 Å². The number of aromatic nitrogens is 1. The van der Waals surface area contributed by atoms with Crippen molar-refractivity contribution in [3.63, 3.8) is 0 Å². The second-order valence-electron chi connectivity index (χ2n) is 7.25. The van der Waals surface area contributed by atoms with Gasteiger partial charge in [0.05, 0.1) is 17.1 Å². The highest BCUT2D eigenvalue weighted by atomic mass is 127. The Kier molecular flexibility index (Phi) is 11.5. The maximum Gasteiger partial charge on any atom is 0.240 e. The Bertz CT molecular complexity index is 956. The van der Waals surface area contributed by atoms with Gasteiger partial charge in [0.1, 0.15) is 0 Å². The number of benzene rings is 1. The van der Waals surface area contributed by atoms with Crippen LogP contribution in [0.1, 0.15) is 55.2 Å². The van der Waals surface area contributed by atoms with Gasteiger partial charge < -0.3 is 15.2 Å². The number of hydrogen-bond acceptors (Lipinski definition) is 5. The lowest BCUT2D eigenvalue weighted by Gasteiger charge is -2.13. The van der Waals surface area contributed by atoms with E-state index in [0.717, 1.165) is 35.4 Å². The van der Waals surface area contributed by atoms with E-state index in [9.17, 15) is 8.42 Å². The van der Waals surface area contributed by atoms with Gasteiger partial charge >= 0.3 is 0 Å². The van der Waals surface area contributed by atoms with Crippen molar-refractivity contribution in [1.29, 1.82) is 0 Å². The van der Waals surface area contributed by atoms with E-state index in [1.54, 1.807) is 20.0 Å². The van der Waals surface area contributed by atoms with Crippen LogP contribution in [0.15, 0.2) is 38.7 Å². The first-order valence-corrected chi connectivity index (χ1v) is 11.8. The first kappa shape index (κ1) is 27.4. The van der Waals surface area contributed by atoms with Crippen molar-refractivity contribution in [2.75, 3.05) is 20.1 Å². The second kappa shape index (κ2) is 13.0. The van der Waals surface area contributed by atoms with E-state index in [-0.39, 0.29) is 30.5 Å². The Balaban J connectivity index is 0.00000480. The smallest absolute Gasteiger partial charge is 0.240 e. The Morgan fingerprint density at radius 1 is 1.13 bits per heavy atom. The highest BCUT2D eigenvalue weighted by Gasteiger charge is 2.16. The lowest BCUT2D eigenvalue weighted by Crippen LogP contribution is -2.41. The summed E-state index contributed by atoms with van der Waals surface area (Å²) in [4.78, 5) is 4.46. The summed E-state index contributed by atoms with van der Waals surface area (Å²) in [6.07, 6.45) is 2.05.